The first-order chi connectivity index (χ1) is 39.1. The van der Waals surface area contributed by atoms with Crippen molar-refractivity contribution in [2.24, 2.45) is 0 Å². The predicted molar refractivity (Wildman–Crippen MR) is 349 cm³/mol. The van der Waals surface area contributed by atoms with Crippen LogP contribution in [0.1, 0.15) is 444 Å². The number of rotatable bonds is 71. The third-order valence-electron chi connectivity index (χ3n) is 17.7. The molecule has 472 valence electrons. The highest BCUT2D eigenvalue weighted by Gasteiger charge is 2.16. The second-order valence-electron chi connectivity index (χ2n) is 25.8. The Kier molecular flexibility index (Phi) is 70.2. The van der Waals surface area contributed by atoms with Crippen LogP contribution < -0.4 is 0 Å². The zero-order chi connectivity index (χ0) is 56.9. The molecule has 79 heavy (non-hydrogen) atoms. The van der Waals surface area contributed by atoms with E-state index >= 15 is 0 Å². The van der Waals surface area contributed by atoms with Crippen molar-refractivity contribution < 1.29 is 24.2 Å². The summed E-state index contributed by atoms with van der Waals surface area (Å²) in [7, 11) is 0. The lowest BCUT2D eigenvalue weighted by Crippen LogP contribution is -2.28. The van der Waals surface area contributed by atoms with Gasteiger partial charge in [0.2, 0.25) is 0 Å². The summed E-state index contributed by atoms with van der Waals surface area (Å²) in [6.07, 6.45) is 90.4. The Labute approximate surface area is 497 Å². The van der Waals surface area contributed by atoms with Crippen molar-refractivity contribution in [2.75, 3.05) is 13.2 Å². The average molecular weight is 1120 g/mol. The second kappa shape index (κ2) is 71.2. The van der Waals surface area contributed by atoms with Crippen molar-refractivity contribution in [1.82, 2.24) is 0 Å². The van der Waals surface area contributed by atoms with E-state index in [1.54, 1.807) is 0 Å². The van der Waals surface area contributed by atoms with Crippen molar-refractivity contribution in [3.8, 4) is 0 Å². The zero-order valence-electron chi connectivity index (χ0n) is 54.4. The smallest absolute Gasteiger partial charge is 0.306 e. The molecule has 0 amide bonds. The van der Waals surface area contributed by atoms with Crippen LogP contribution in [0.3, 0.4) is 0 Å². The molecule has 0 bridgehead atoms. The van der Waals surface area contributed by atoms with Gasteiger partial charge in [-0.15, -0.1) is 0 Å². The molecule has 1 unspecified atom stereocenters. The molecule has 0 rings (SSSR count). The zero-order valence-corrected chi connectivity index (χ0v) is 54.4. The fraction of sp³-hybridized carbons (Fsp3) is 0.973. The van der Waals surface area contributed by atoms with Crippen molar-refractivity contribution >= 4 is 11.9 Å². The molecule has 0 saturated carbocycles. The van der Waals surface area contributed by atoms with Crippen molar-refractivity contribution in [3.05, 3.63) is 0 Å². The minimum atomic E-state index is -0.766. The fourth-order valence-electron chi connectivity index (χ4n) is 12.1. The number of ether oxygens (including phenoxy) is 2. The van der Waals surface area contributed by atoms with Crippen LogP contribution in [0, 0.1) is 0 Å². The summed E-state index contributed by atoms with van der Waals surface area (Å²) in [4.78, 5) is 24.6. The van der Waals surface area contributed by atoms with Gasteiger partial charge in [0.25, 0.3) is 0 Å². The monoisotopic (exact) mass is 1120 g/mol. The predicted octanol–water partition coefficient (Wildman–Crippen LogP) is 25.6. The van der Waals surface area contributed by atoms with E-state index in [1.807, 2.05) is 0 Å². The molecule has 0 aromatic rings. The molecule has 0 aromatic carbocycles. The molecule has 0 aliphatic heterocycles. The number of aliphatic hydroxyl groups is 1. The van der Waals surface area contributed by atoms with Crippen molar-refractivity contribution in [1.29, 1.82) is 0 Å². The first kappa shape index (κ1) is 77.9. The molecule has 0 radical (unpaired) electrons. The molecule has 5 nitrogen and oxygen atoms in total. The van der Waals surface area contributed by atoms with Gasteiger partial charge in [-0.2, -0.15) is 0 Å². The normalized spacial score (nSPS) is 12.0. The maximum absolute atomic E-state index is 12.4. The summed E-state index contributed by atoms with van der Waals surface area (Å²) in [5.74, 6) is -0.558. The van der Waals surface area contributed by atoms with E-state index in [1.165, 1.54) is 385 Å². The Morgan fingerprint density at radius 1 is 0.241 bits per heavy atom. The van der Waals surface area contributed by atoms with Crippen LogP contribution in [0.5, 0.6) is 0 Å². The molecule has 0 heterocycles. The van der Waals surface area contributed by atoms with Crippen LogP contribution in [-0.2, 0) is 19.1 Å². The molecule has 1 atom stereocenters. The van der Waals surface area contributed by atoms with E-state index < -0.39 is 6.10 Å². The Balaban J connectivity index is 3.32. The molecular weight excluding hydrogens is 969 g/mol. The molecular formula is C74H146O5. The minimum absolute atomic E-state index is 0.0553. The van der Waals surface area contributed by atoms with Crippen LogP contribution in [0.2, 0.25) is 0 Å². The van der Waals surface area contributed by atoms with Gasteiger partial charge in [-0.05, 0) is 12.8 Å². The van der Waals surface area contributed by atoms with Gasteiger partial charge in [-0.25, -0.2) is 0 Å². The highest BCUT2D eigenvalue weighted by Crippen LogP contribution is 2.20. The summed E-state index contributed by atoms with van der Waals surface area (Å²) < 4.78 is 10.8. The van der Waals surface area contributed by atoms with E-state index in [0.29, 0.717) is 12.8 Å². The van der Waals surface area contributed by atoms with Crippen LogP contribution >= 0.6 is 0 Å². The van der Waals surface area contributed by atoms with Gasteiger partial charge in [0, 0.05) is 12.8 Å². The maximum Gasteiger partial charge on any atom is 0.306 e. The highest BCUT2D eigenvalue weighted by atomic mass is 16.6. The molecule has 0 saturated heterocycles. The van der Waals surface area contributed by atoms with Crippen molar-refractivity contribution in [3.63, 3.8) is 0 Å². The Morgan fingerprint density at radius 2 is 0.392 bits per heavy atom. The van der Waals surface area contributed by atoms with Crippen LogP contribution in [0.25, 0.3) is 0 Å². The largest absolute Gasteiger partial charge is 0.462 e. The van der Waals surface area contributed by atoms with Gasteiger partial charge in [0.1, 0.15) is 6.61 Å². The summed E-state index contributed by atoms with van der Waals surface area (Å²) in [6.45, 7) is 4.23. The highest BCUT2D eigenvalue weighted by molar-refractivity contribution is 5.70. The number of hydrogen-bond acceptors (Lipinski definition) is 5. The van der Waals surface area contributed by atoms with Gasteiger partial charge in [0.05, 0.1) is 6.61 Å². The minimum Gasteiger partial charge on any atom is -0.462 e. The first-order valence-corrected chi connectivity index (χ1v) is 37.1. The Bertz CT molecular complexity index is 1120. The number of carbonyl (C=O) groups is 2. The third-order valence-corrected chi connectivity index (χ3v) is 17.7. The summed E-state index contributed by atoms with van der Waals surface area (Å²) in [5.41, 5.74) is 0. The Morgan fingerprint density at radius 3 is 0.557 bits per heavy atom. The number of aliphatic hydroxyl groups excluding tert-OH is 1. The first-order valence-electron chi connectivity index (χ1n) is 37.1. The third kappa shape index (κ3) is 69.3. The molecule has 0 aliphatic carbocycles. The lowest BCUT2D eigenvalue weighted by molar-refractivity contribution is -0.161. The number of hydrogen-bond donors (Lipinski definition) is 1. The molecule has 0 fully saturated rings. The van der Waals surface area contributed by atoms with Crippen LogP contribution in [0.15, 0.2) is 0 Å². The molecule has 0 aromatic heterocycles. The second-order valence-corrected chi connectivity index (χ2v) is 25.8. The number of esters is 2. The molecule has 0 spiro atoms. The Hall–Kier alpha value is -1.10. The van der Waals surface area contributed by atoms with Gasteiger partial charge < -0.3 is 14.6 Å². The van der Waals surface area contributed by atoms with E-state index in [-0.39, 0.29) is 25.2 Å². The standard InChI is InChI=1S/C74H146O5/c1-3-5-7-9-11-13-15-17-19-21-23-25-27-29-30-31-32-33-34-35-36-37-38-39-40-41-42-43-44-45-47-49-51-53-55-57-59-61-63-65-67-69-74(77)79-72(70-75)71-78-73(76)68-66-64-62-60-58-56-54-52-50-48-46-28-26-24-22-20-18-16-14-12-10-8-6-4-2/h72,75H,3-71H2,1-2H3. The summed E-state index contributed by atoms with van der Waals surface area (Å²) in [5, 5.41) is 9.70. The van der Waals surface area contributed by atoms with E-state index in [2.05, 4.69) is 13.8 Å². The van der Waals surface area contributed by atoms with Gasteiger partial charge >= 0.3 is 11.9 Å². The summed E-state index contributed by atoms with van der Waals surface area (Å²) >= 11 is 0. The van der Waals surface area contributed by atoms with E-state index in [4.69, 9.17) is 9.47 Å². The quantitative estimate of drug-likeness (QED) is 0.0485. The molecule has 0 aliphatic rings. The number of unbranched alkanes of at least 4 members (excludes halogenated alkanes) is 63. The summed E-state index contributed by atoms with van der Waals surface area (Å²) in [6, 6.07) is 0. The number of carbonyl (C=O) groups excluding carboxylic acids is 2. The van der Waals surface area contributed by atoms with Gasteiger partial charge in [-0.3, -0.25) is 9.59 Å². The fourth-order valence-corrected chi connectivity index (χ4v) is 12.1. The van der Waals surface area contributed by atoms with Gasteiger partial charge in [0.15, 0.2) is 6.10 Å². The van der Waals surface area contributed by atoms with Crippen LogP contribution in [0.4, 0.5) is 0 Å². The topological polar surface area (TPSA) is 72.8 Å². The van der Waals surface area contributed by atoms with Gasteiger partial charge in [-0.1, -0.05) is 418 Å². The van der Waals surface area contributed by atoms with E-state index in [9.17, 15) is 14.7 Å². The van der Waals surface area contributed by atoms with E-state index in [0.717, 1.165) is 32.1 Å². The SMILES string of the molecule is CCCCCCCCCCCCCCCCCCCCCCCCCCCCCCCCCCCCCCCCCCCC(=O)OC(CO)COC(=O)CCCCCCCCCCCCCCCCCCCCCCCCCC. The molecule has 5 heteroatoms. The van der Waals surface area contributed by atoms with Crippen molar-refractivity contribution in [2.45, 2.75) is 450 Å². The maximum atomic E-state index is 12.4. The lowest BCUT2D eigenvalue weighted by atomic mass is 10.0. The lowest BCUT2D eigenvalue weighted by Gasteiger charge is -2.15. The molecule has 1 N–H and O–H groups in total. The average Bonchev–Trinajstić information content (AvgIpc) is 3.45. The van der Waals surface area contributed by atoms with Crippen LogP contribution in [-0.4, -0.2) is 36.4 Å².